The molecule has 6 heteroatoms. The van der Waals surface area contributed by atoms with Crippen molar-refractivity contribution in [3.05, 3.63) is 59.3 Å². The van der Waals surface area contributed by atoms with E-state index in [1.54, 1.807) is 14.2 Å². The van der Waals surface area contributed by atoms with Gasteiger partial charge in [0.1, 0.15) is 0 Å². The topological polar surface area (TPSA) is 63.8 Å². The summed E-state index contributed by atoms with van der Waals surface area (Å²) in [5.74, 6) is 1.25. The fourth-order valence-corrected chi connectivity index (χ4v) is 4.47. The van der Waals surface area contributed by atoms with Gasteiger partial charge in [-0.2, -0.15) is 0 Å². The Balaban J connectivity index is 1.66. The molecule has 0 saturated carbocycles. The van der Waals surface area contributed by atoms with Crippen molar-refractivity contribution in [1.82, 2.24) is 9.88 Å². The van der Waals surface area contributed by atoms with Gasteiger partial charge in [-0.1, -0.05) is 18.2 Å². The molecule has 158 valence electrons. The first-order chi connectivity index (χ1) is 14.6. The molecule has 2 heterocycles. The van der Waals surface area contributed by atoms with E-state index in [9.17, 15) is 4.79 Å². The van der Waals surface area contributed by atoms with Crippen molar-refractivity contribution in [2.75, 3.05) is 34.4 Å². The van der Waals surface area contributed by atoms with Crippen molar-refractivity contribution < 1.29 is 19.0 Å². The van der Waals surface area contributed by atoms with Crippen LogP contribution >= 0.6 is 0 Å². The third-order valence-electron chi connectivity index (χ3n) is 6.04. The zero-order valence-electron chi connectivity index (χ0n) is 17.7. The van der Waals surface area contributed by atoms with E-state index >= 15 is 0 Å². The number of ether oxygens (including phenoxy) is 3. The summed E-state index contributed by atoms with van der Waals surface area (Å²) in [6.07, 6.45) is 4.74. The lowest BCUT2D eigenvalue weighted by Gasteiger charge is -2.37. The number of hydrogen-bond donors (Lipinski definition) is 1. The summed E-state index contributed by atoms with van der Waals surface area (Å²) in [6, 6.07) is 12.6. The summed E-state index contributed by atoms with van der Waals surface area (Å²) in [5, 5.41) is 1.25. The summed E-state index contributed by atoms with van der Waals surface area (Å²) in [4.78, 5) is 17.6. The number of carbonyl (C=O) groups excluding carboxylic acids is 1. The number of rotatable bonds is 7. The molecule has 0 fully saturated rings. The summed E-state index contributed by atoms with van der Waals surface area (Å²) >= 11 is 0. The molecule has 1 aliphatic rings. The van der Waals surface area contributed by atoms with Gasteiger partial charge >= 0.3 is 5.97 Å². The average Bonchev–Trinajstić information content (AvgIpc) is 3.20. The molecule has 30 heavy (non-hydrogen) atoms. The largest absolute Gasteiger partial charge is 0.493 e. The predicted molar refractivity (Wildman–Crippen MR) is 116 cm³/mol. The highest BCUT2D eigenvalue weighted by atomic mass is 16.5. The second-order valence-electron chi connectivity index (χ2n) is 7.62. The van der Waals surface area contributed by atoms with Crippen LogP contribution in [0.2, 0.25) is 0 Å². The maximum absolute atomic E-state index is 12.1. The molecule has 6 nitrogen and oxygen atoms in total. The molecule has 1 N–H and O–H groups in total. The number of fused-ring (bicyclic) bond motifs is 2. The van der Waals surface area contributed by atoms with Gasteiger partial charge in [-0.05, 0) is 54.2 Å². The van der Waals surface area contributed by atoms with E-state index in [0.717, 1.165) is 37.1 Å². The molecule has 3 aromatic rings. The van der Waals surface area contributed by atoms with Crippen LogP contribution in [0.25, 0.3) is 10.9 Å². The van der Waals surface area contributed by atoms with Crippen LogP contribution in [-0.2, 0) is 22.4 Å². The van der Waals surface area contributed by atoms with Gasteiger partial charge in [0, 0.05) is 29.7 Å². The Morgan fingerprint density at radius 2 is 1.90 bits per heavy atom. The molecule has 1 atom stereocenters. The quantitative estimate of drug-likeness (QED) is 0.601. The fourth-order valence-electron chi connectivity index (χ4n) is 4.47. The number of esters is 1. The Morgan fingerprint density at radius 1 is 1.13 bits per heavy atom. The zero-order valence-corrected chi connectivity index (χ0v) is 17.7. The molecule has 4 rings (SSSR count). The van der Waals surface area contributed by atoms with E-state index in [0.29, 0.717) is 5.75 Å². The van der Waals surface area contributed by atoms with Gasteiger partial charge in [0.05, 0.1) is 27.9 Å². The smallest absolute Gasteiger partial charge is 0.319 e. The van der Waals surface area contributed by atoms with Crippen LogP contribution in [-0.4, -0.2) is 50.3 Å². The lowest BCUT2D eigenvalue weighted by molar-refractivity contribution is -0.142. The fraction of sp³-hybridized carbons (Fsp3) is 0.375. The van der Waals surface area contributed by atoms with E-state index < -0.39 is 0 Å². The lowest BCUT2D eigenvalue weighted by atomic mass is 9.88. The van der Waals surface area contributed by atoms with Crippen LogP contribution in [0.4, 0.5) is 0 Å². The monoisotopic (exact) mass is 408 g/mol. The Labute approximate surface area is 176 Å². The number of para-hydroxylation sites is 1. The van der Waals surface area contributed by atoms with Gasteiger partial charge in [-0.15, -0.1) is 0 Å². The third-order valence-corrected chi connectivity index (χ3v) is 6.04. The number of benzene rings is 2. The molecule has 0 spiro atoms. The Bertz CT molecular complexity index is 1040. The summed E-state index contributed by atoms with van der Waals surface area (Å²) < 4.78 is 16.0. The molecule has 2 aromatic carbocycles. The average molecular weight is 408 g/mol. The summed E-state index contributed by atoms with van der Waals surface area (Å²) in [6.45, 7) is 1.08. The number of hydrogen-bond acceptors (Lipinski definition) is 5. The maximum Gasteiger partial charge on any atom is 0.319 e. The van der Waals surface area contributed by atoms with Crippen LogP contribution in [0.15, 0.2) is 42.6 Å². The second kappa shape index (κ2) is 8.79. The number of nitrogens with zero attached hydrogens (tertiary/aromatic N) is 1. The van der Waals surface area contributed by atoms with E-state index in [1.165, 1.54) is 29.2 Å². The number of aromatic nitrogens is 1. The van der Waals surface area contributed by atoms with Crippen molar-refractivity contribution >= 4 is 16.9 Å². The summed E-state index contributed by atoms with van der Waals surface area (Å²) in [7, 11) is 4.75. The van der Waals surface area contributed by atoms with Crippen LogP contribution in [0.5, 0.6) is 11.5 Å². The Kier molecular flexibility index (Phi) is 5.95. The zero-order chi connectivity index (χ0) is 21.1. The maximum atomic E-state index is 12.1. The highest BCUT2D eigenvalue weighted by Crippen LogP contribution is 2.40. The molecule has 1 aromatic heterocycles. The minimum absolute atomic E-state index is 0.0984. The van der Waals surface area contributed by atoms with E-state index in [-0.39, 0.29) is 18.6 Å². The van der Waals surface area contributed by atoms with Crippen LogP contribution < -0.4 is 9.47 Å². The molecular weight excluding hydrogens is 380 g/mol. The summed E-state index contributed by atoms with van der Waals surface area (Å²) in [5.41, 5.74) is 4.88. The first kappa shape index (κ1) is 20.3. The van der Waals surface area contributed by atoms with E-state index in [1.807, 2.05) is 6.07 Å². The van der Waals surface area contributed by atoms with Gasteiger partial charge in [-0.25, -0.2) is 0 Å². The van der Waals surface area contributed by atoms with Gasteiger partial charge in [0.25, 0.3) is 0 Å². The minimum Gasteiger partial charge on any atom is -0.493 e. The second-order valence-corrected chi connectivity index (χ2v) is 7.62. The standard InChI is InChI=1S/C24H28N2O4/c1-28-22-12-16-10-11-26(15-24(27)30-3)21(19(16)13-23(22)29-2)9-8-17-14-25-20-7-5-4-6-18(17)20/h4-7,12-14,21,25H,8-11,15H2,1-3H3/t21-/m1/s1. The molecule has 0 unspecified atom stereocenters. The Hall–Kier alpha value is -2.99. The Morgan fingerprint density at radius 3 is 2.67 bits per heavy atom. The number of methoxy groups -OCH3 is 3. The van der Waals surface area contributed by atoms with Gasteiger partial charge < -0.3 is 19.2 Å². The molecule has 0 radical (unpaired) electrons. The van der Waals surface area contributed by atoms with Crippen molar-refractivity contribution in [2.45, 2.75) is 25.3 Å². The first-order valence-electron chi connectivity index (χ1n) is 10.2. The van der Waals surface area contributed by atoms with Crippen LogP contribution in [0, 0.1) is 0 Å². The number of carbonyl (C=O) groups is 1. The van der Waals surface area contributed by atoms with Crippen molar-refractivity contribution in [2.24, 2.45) is 0 Å². The molecular formula is C24H28N2O4. The number of aryl methyl sites for hydroxylation is 1. The van der Waals surface area contributed by atoms with Crippen molar-refractivity contribution in [3.63, 3.8) is 0 Å². The van der Waals surface area contributed by atoms with Gasteiger partial charge in [0.15, 0.2) is 11.5 Å². The van der Waals surface area contributed by atoms with E-state index in [2.05, 4.69) is 46.4 Å². The number of aromatic amines is 1. The SMILES string of the molecule is COC(=O)CN1CCc2cc(OC)c(OC)cc2[C@H]1CCc1c[nH]c2ccccc12. The van der Waals surface area contributed by atoms with Gasteiger partial charge in [0.2, 0.25) is 0 Å². The normalized spacial score (nSPS) is 16.3. The minimum atomic E-state index is -0.212. The third kappa shape index (κ3) is 3.87. The molecule has 0 saturated heterocycles. The predicted octanol–water partition coefficient (Wildman–Crippen LogP) is 3.89. The number of H-pyrrole nitrogens is 1. The number of nitrogens with one attached hydrogen (secondary N) is 1. The molecule has 0 bridgehead atoms. The first-order valence-corrected chi connectivity index (χ1v) is 10.2. The highest BCUT2D eigenvalue weighted by molar-refractivity contribution is 5.83. The van der Waals surface area contributed by atoms with Gasteiger partial charge in [-0.3, -0.25) is 9.69 Å². The molecule has 0 amide bonds. The van der Waals surface area contributed by atoms with Crippen molar-refractivity contribution in [1.29, 1.82) is 0 Å². The highest BCUT2D eigenvalue weighted by Gasteiger charge is 2.30. The van der Waals surface area contributed by atoms with E-state index in [4.69, 9.17) is 14.2 Å². The van der Waals surface area contributed by atoms with Crippen LogP contribution in [0.1, 0.15) is 29.2 Å². The molecule has 0 aliphatic carbocycles. The van der Waals surface area contributed by atoms with Crippen molar-refractivity contribution in [3.8, 4) is 11.5 Å². The van der Waals surface area contributed by atoms with Crippen LogP contribution in [0.3, 0.4) is 0 Å². The lowest BCUT2D eigenvalue weighted by Crippen LogP contribution is -2.39. The molecule has 1 aliphatic heterocycles.